The molecule has 0 aliphatic carbocycles. The summed E-state index contributed by atoms with van der Waals surface area (Å²) in [5.74, 6) is 0.134. The van der Waals surface area contributed by atoms with E-state index in [-0.39, 0.29) is 25.0 Å². The van der Waals surface area contributed by atoms with Gasteiger partial charge in [0.05, 0.1) is 6.54 Å². The Morgan fingerprint density at radius 1 is 1.09 bits per heavy atom. The highest BCUT2D eigenvalue weighted by Gasteiger charge is 2.06. The third-order valence-electron chi connectivity index (χ3n) is 3.39. The lowest BCUT2D eigenvalue weighted by Gasteiger charge is -2.08. The SMILES string of the molecule is CC(C)c1ccc(CCC(=O)NCC(=O)NCCCO)cc1. The number of aliphatic hydroxyl groups excluding tert-OH is 1. The van der Waals surface area contributed by atoms with Crippen LogP contribution in [0.1, 0.15) is 43.7 Å². The maximum Gasteiger partial charge on any atom is 0.239 e. The van der Waals surface area contributed by atoms with E-state index >= 15 is 0 Å². The second-order valence-electron chi connectivity index (χ2n) is 5.60. The smallest absolute Gasteiger partial charge is 0.239 e. The molecule has 1 rings (SSSR count). The van der Waals surface area contributed by atoms with Gasteiger partial charge in [-0.25, -0.2) is 0 Å². The largest absolute Gasteiger partial charge is 0.396 e. The molecule has 1 aromatic rings. The van der Waals surface area contributed by atoms with Gasteiger partial charge in [0.15, 0.2) is 0 Å². The van der Waals surface area contributed by atoms with Crippen LogP contribution in [0.15, 0.2) is 24.3 Å². The van der Waals surface area contributed by atoms with Gasteiger partial charge in [-0.05, 0) is 29.9 Å². The summed E-state index contributed by atoms with van der Waals surface area (Å²) in [6.07, 6.45) is 1.55. The molecule has 122 valence electrons. The van der Waals surface area contributed by atoms with E-state index in [0.29, 0.717) is 31.7 Å². The average Bonchev–Trinajstić information content (AvgIpc) is 2.51. The van der Waals surface area contributed by atoms with Gasteiger partial charge in [0.1, 0.15) is 0 Å². The van der Waals surface area contributed by atoms with E-state index in [0.717, 1.165) is 5.56 Å². The maximum atomic E-state index is 11.7. The molecule has 0 unspecified atom stereocenters. The Hall–Kier alpha value is -1.88. The first-order valence-corrected chi connectivity index (χ1v) is 7.76. The van der Waals surface area contributed by atoms with E-state index in [1.165, 1.54) is 5.56 Å². The Morgan fingerprint density at radius 2 is 1.77 bits per heavy atom. The lowest BCUT2D eigenvalue weighted by Crippen LogP contribution is -2.37. The molecule has 0 saturated carbocycles. The van der Waals surface area contributed by atoms with Crippen molar-refractivity contribution < 1.29 is 14.7 Å². The van der Waals surface area contributed by atoms with Crippen LogP contribution in [0.4, 0.5) is 0 Å². The molecule has 22 heavy (non-hydrogen) atoms. The van der Waals surface area contributed by atoms with Gasteiger partial charge in [-0.3, -0.25) is 9.59 Å². The highest BCUT2D eigenvalue weighted by molar-refractivity contribution is 5.84. The Kier molecular flexibility index (Phi) is 8.22. The number of hydrogen-bond acceptors (Lipinski definition) is 3. The zero-order valence-electron chi connectivity index (χ0n) is 13.4. The van der Waals surface area contributed by atoms with Gasteiger partial charge in [-0.1, -0.05) is 38.1 Å². The number of amides is 2. The standard InChI is InChI=1S/C17H26N2O3/c1-13(2)15-7-4-14(5-8-15)6-9-16(21)19-12-17(22)18-10-3-11-20/h4-5,7-8,13,20H,3,6,9-12H2,1-2H3,(H,18,22)(H,19,21). The van der Waals surface area contributed by atoms with Crippen molar-refractivity contribution >= 4 is 11.8 Å². The molecule has 0 heterocycles. The maximum absolute atomic E-state index is 11.7. The van der Waals surface area contributed by atoms with Crippen LogP contribution in [0, 0.1) is 0 Å². The first kappa shape index (κ1) is 18.2. The Bertz CT molecular complexity index is 469. The Balaban J connectivity index is 2.24. The van der Waals surface area contributed by atoms with Crippen molar-refractivity contribution in [2.75, 3.05) is 19.7 Å². The molecular formula is C17H26N2O3. The molecule has 0 aliphatic rings. The molecule has 0 spiro atoms. The molecule has 0 aliphatic heterocycles. The normalized spacial score (nSPS) is 10.5. The van der Waals surface area contributed by atoms with Crippen molar-refractivity contribution in [2.45, 2.75) is 39.0 Å². The van der Waals surface area contributed by atoms with Crippen molar-refractivity contribution in [1.29, 1.82) is 0 Å². The molecule has 2 amide bonds. The number of carbonyl (C=O) groups is 2. The molecule has 0 bridgehead atoms. The second kappa shape index (κ2) is 9.95. The lowest BCUT2D eigenvalue weighted by molar-refractivity contribution is -0.126. The molecule has 0 radical (unpaired) electrons. The number of hydrogen-bond donors (Lipinski definition) is 3. The van der Waals surface area contributed by atoms with Gasteiger partial charge < -0.3 is 15.7 Å². The summed E-state index contributed by atoms with van der Waals surface area (Å²) >= 11 is 0. The third kappa shape index (κ3) is 7.22. The van der Waals surface area contributed by atoms with Gasteiger partial charge in [0.2, 0.25) is 11.8 Å². The lowest BCUT2D eigenvalue weighted by atomic mass is 10.0. The molecule has 0 fully saturated rings. The minimum absolute atomic E-state index is 0.0173. The number of nitrogens with one attached hydrogen (secondary N) is 2. The van der Waals surface area contributed by atoms with E-state index < -0.39 is 0 Å². The van der Waals surface area contributed by atoms with Gasteiger partial charge >= 0.3 is 0 Å². The predicted octanol–water partition coefficient (Wildman–Crippen LogP) is 1.36. The van der Waals surface area contributed by atoms with E-state index in [9.17, 15) is 9.59 Å². The van der Waals surface area contributed by atoms with Crippen molar-refractivity contribution in [1.82, 2.24) is 10.6 Å². The van der Waals surface area contributed by atoms with Crippen LogP contribution in [0.5, 0.6) is 0 Å². The van der Waals surface area contributed by atoms with Crippen molar-refractivity contribution in [2.24, 2.45) is 0 Å². The number of carbonyl (C=O) groups excluding carboxylic acids is 2. The van der Waals surface area contributed by atoms with Crippen molar-refractivity contribution in [3.63, 3.8) is 0 Å². The molecule has 0 saturated heterocycles. The van der Waals surface area contributed by atoms with Crippen LogP contribution < -0.4 is 10.6 Å². The Labute approximate surface area is 132 Å². The van der Waals surface area contributed by atoms with E-state index in [1.54, 1.807) is 0 Å². The molecule has 1 aromatic carbocycles. The minimum Gasteiger partial charge on any atom is -0.396 e. The number of aryl methyl sites for hydroxylation is 1. The topological polar surface area (TPSA) is 78.4 Å². The van der Waals surface area contributed by atoms with Crippen LogP contribution in [0.3, 0.4) is 0 Å². The second-order valence-corrected chi connectivity index (χ2v) is 5.60. The summed E-state index contributed by atoms with van der Waals surface area (Å²) in [4.78, 5) is 23.1. The molecule has 5 nitrogen and oxygen atoms in total. The van der Waals surface area contributed by atoms with Gasteiger partial charge in [0.25, 0.3) is 0 Å². The summed E-state index contributed by atoms with van der Waals surface area (Å²) < 4.78 is 0. The summed E-state index contributed by atoms with van der Waals surface area (Å²) in [6.45, 7) is 4.74. The van der Waals surface area contributed by atoms with Gasteiger partial charge in [0, 0.05) is 19.6 Å². The summed E-state index contributed by atoms with van der Waals surface area (Å²) in [5, 5.41) is 13.8. The Morgan fingerprint density at radius 3 is 2.36 bits per heavy atom. The van der Waals surface area contributed by atoms with Crippen LogP contribution in [0.25, 0.3) is 0 Å². The first-order chi connectivity index (χ1) is 10.5. The highest BCUT2D eigenvalue weighted by atomic mass is 16.3. The van der Waals surface area contributed by atoms with Crippen LogP contribution in [0.2, 0.25) is 0 Å². The van der Waals surface area contributed by atoms with Crippen molar-refractivity contribution in [3.8, 4) is 0 Å². The molecular weight excluding hydrogens is 280 g/mol. The quantitative estimate of drug-likeness (QED) is 0.603. The fourth-order valence-corrected chi connectivity index (χ4v) is 1.96. The predicted molar refractivity (Wildman–Crippen MR) is 86.6 cm³/mol. The van der Waals surface area contributed by atoms with E-state index in [4.69, 9.17) is 5.11 Å². The van der Waals surface area contributed by atoms with Gasteiger partial charge in [-0.15, -0.1) is 0 Å². The third-order valence-corrected chi connectivity index (χ3v) is 3.39. The number of benzene rings is 1. The zero-order chi connectivity index (χ0) is 16.4. The molecule has 0 atom stereocenters. The molecule has 3 N–H and O–H groups in total. The number of aliphatic hydroxyl groups is 1. The van der Waals surface area contributed by atoms with E-state index in [2.05, 4.69) is 36.6 Å². The summed E-state index contributed by atoms with van der Waals surface area (Å²) in [7, 11) is 0. The monoisotopic (exact) mass is 306 g/mol. The fourth-order valence-electron chi connectivity index (χ4n) is 1.96. The molecule has 5 heteroatoms. The van der Waals surface area contributed by atoms with Crippen LogP contribution >= 0.6 is 0 Å². The van der Waals surface area contributed by atoms with Crippen LogP contribution in [-0.4, -0.2) is 36.6 Å². The summed E-state index contributed by atoms with van der Waals surface area (Å²) in [6, 6.07) is 8.27. The highest BCUT2D eigenvalue weighted by Crippen LogP contribution is 2.15. The minimum atomic E-state index is -0.233. The molecule has 0 aromatic heterocycles. The first-order valence-electron chi connectivity index (χ1n) is 7.76. The van der Waals surface area contributed by atoms with Crippen molar-refractivity contribution in [3.05, 3.63) is 35.4 Å². The number of rotatable bonds is 9. The average molecular weight is 306 g/mol. The van der Waals surface area contributed by atoms with Crippen LogP contribution in [-0.2, 0) is 16.0 Å². The fraction of sp³-hybridized carbons (Fsp3) is 0.529. The summed E-state index contributed by atoms with van der Waals surface area (Å²) in [5.41, 5.74) is 2.40. The zero-order valence-corrected chi connectivity index (χ0v) is 13.4. The van der Waals surface area contributed by atoms with E-state index in [1.807, 2.05) is 12.1 Å². The van der Waals surface area contributed by atoms with Gasteiger partial charge in [-0.2, -0.15) is 0 Å².